The van der Waals surface area contributed by atoms with Crippen molar-refractivity contribution >= 4 is 11.9 Å². The standard InChI is InChI=1S/C37H70N2O7/c1-27(2)31-13-11-29(5)19-33(31)45-35(40)21-38(7,8)15-17-42-23-37(25-44-26-37)24-43-18-16-39(9,10)22-36(41)46-34-20-30(6)12-14-32(34)28(3)4/h27-34H,11-26H2,1-10H3/q+2/t29-,30-,31-,32-,33-,34-/m1/s1. The summed E-state index contributed by atoms with van der Waals surface area (Å²) in [6.45, 7) is 19.1. The first-order valence-corrected chi connectivity index (χ1v) is 18.3. The molecule has 0 spiro atoms. The van der Waals surface area contributed by atoms with Crippen LogP contribution in [0.15, 0.2) is 0 Å². The third kappa shape index (κ3) is 12.6. The molecular formula is C37H70N2O7+2. The Morgan fingerprint density at radius 1 is 0.696 bits per heavy atom. The molecule has 2 saturated carbocycles. The Hall–Kier alpha value is -1.26. The molecule has 3 aliphatic rings. The minimum atomic E-state index is -0.140. The predicted octanol–water partition coefficient (Wildman–Crippen LogP) is 5.20. The Kier molecular flexibility index (Phi) is 14.8. The van der Waals surface area contributed by atoms with E-state index in [1.54, 1.807) is 0 Å². The molecule has 1 saturated heterocycles. The normalized spacial score (nSPS) is 28.6. The van der Waals surface area contributed by atoms with Gasteiger partial charge in [0.1, 0.15) is 25.3 Å². The number of carbonyl (C=O) groups is 2. The SMILES string of the molecule is CC(C)[C@H]1CC[C@@H](C)C[C@H]1OC(=O)C[N+](C)(C)CCOCC1(COCC[N+](C)(C)CC(=O)O[C@@H]2C[C@H](C)CC[C@@H]2C(C)C)COC1. The molecule has 0 amide bonds. The smallest absolute Gasteiger partial charge is 0.362 e. The Morgan fingerprint density at radius 2 is 1.09 bits per heavy atom. The molecule has 3 rings (SSSR count). The van der Waals surface area contributed by atoms with Crippen molar-refractivity contribution in [3.05, 3.63) is 0 Å². The summed E-state index contributed by atoms with van der Waals surface area (Å²) in [6.07, 6.45) is 6.74. The number of likely N-dealkylation sites (N-methyl/N-ethyl adjacent to an activating group) is 2. The number of ether oxygens (including phenoxy) is 5. The van der Waals surface area contributed by atoms with Gasteiger partial charge in [0, 0.05) is 0 Å². The molecule has 0 aromatic heterocycles. The van der Waals surface area contributed by atoms with Gasteiger partial charge in [-0.2, -0.15) is 0 Å². The van der Waals surface area contributed by atoms with Crippen LogP contribution in [0.3, 0.4) is 0 Å². The van der Waals surface area contributed by atoms with Crippen LogP contribution in [-0.2, 0) is 33.3 Å². The van der Waals surface area contributed by atoms with Crippen molar-refractivity contribution in [2.75, 3.05) is 94.0 Å². The summed E-state index contributed by atoms with van der Waals surface area (Å²) in [4.78, 5) is 25.9. The Labute approximate surface area is 281 Å². The maximum atomic E-state index is 12.9. The summed E-state index contributed by atoms with van der Waals surface area (Å²) in [6, 6.07) is 0. The molecule has 46 heavy (non-hydrogen) atoms. The lowest BCUT2D eigenvalue weighted by Gasteiger charge is -2.41. The molecule has 6 atom stereocenters. The highest BCUT2D eigenvalue weighted by Gasteiger charge is 2.40. The van der Waals surface area contributed by atoms with Crippen molar-refractivity contribution in [3.8, 4) is 0 Å². The van der Waals surface area contributed by atoms with Crippen LogP contribution in [0.25, 0.3) is 0 Å². The lowest BCUT2D eigenvalue weighted by molar-refractivity contribution is -0.883. The fourth-order valence-corrected chi connectivity index (χ4v) is 7.57. The first-order valence-electron chi connectivity index (χ1n) is 18.3. The summed E-state index contributed by atoms with van der Waals surface area (Å²) in [7, 11) is 8.25. The van der Waals surface area contributed by atoms with E-state index < -0.39 is 0 Å². The van der Waals surface area contributed by atoms with E-state index in [0.717, 1.165) is 38.8 Å². The van der Waals surface area contributed by atoms with Gasteiger partial charge in [0.05, 0.1) is 73.2 Å². The van der Waals surface area contributed by atoms with Crippen molar-refractivity contribution in [2.45, 2.75) is 92.3 Å². The molecule has 0 radical (unpaired) electrons. The summed E-state index contributed by atoms with van der Waals surface area (Å²) < 4.78 is 31.0. The second-order valence-electron chi connectivity index (χ2n) is 17.4. The topological polar surface area (TPSA) is 80.3 Å². The second-order valence-corrected chi connectivity index (χ2v) is 17.4. The number of rotatable bonds is 18. The summed E-state index contributed by atoms with van der Waals surface area (Å²) in [5, 5.41) is 0. The second kappa shape index (κ2) is 17.4. The van der Waals surface area contributed by atoms with Gasteiger partial charge in [-0.1, -0.05) is 54.4 Å². The lowest BCUT2D eigenvalue weighted by Crippen LogP contribution is -2.52. The monoisotopic (exact) mass is 655 g/mol. The predicted molar refractivity (Wildman–Crippen MR) is 181 cm³/mol. The van der Waals surface area contributed by atoms with Crippen molar-refractivity contribution in [1.29, 1.82) is 0 Å². The van der Waals surface area contributed by atoms with E-state index >= 15 is 0 Å². The van der Waals surface area contributed by atoms with E-state index in [1.165, 1.54) is 12.8 Å². The molecule has 0 aromatic carbocycles. The number of nitrogens with zero attached hydrogens (tertiary/aromatic N) is 2. The van der Waals surface area contributed by atoms with Crippen molar-refractivity contribution in [2.24, 2.45) is 40.9 Å². The van der Waals surface area contributed by atoms with Gasteiger partial charge in [0.25, 0.3) is 0 Å². The maximum absolute atomic E-state index is 12.9. The lowest BCUT2D eigenvalue weighted by atomic mass is 9.75. The van der Waals surface area contributed by atoms with Gasteiger partial charge in [-0.05, 0) is 61.2 Å². The number of quaternary nitrogens is 2. The number of hydrogen-bond donors (Lipinski definition) is 0. The number of carbonyl (C=O) groups excluding carboxylic acids is 2. The fraction of sp³-hybridized carbons (Fsp3) is 0.946. The molecule has 3 fully saturated rings. The van der Waals surface area contributed by atoms with Crippen LogP contribution in [0.1, 0.15) is 80.1 Å². The zero-order chi connectivity index (χ0) is 34.1. The van der Waals surface area contributed by atoms with E-state index in [9.17, 15) is 9.59 Å². The zero-order valence-electron chi connectivity index (χ0n) is 31.2. The average Bonchev–Trinajstić information content (AvgIpc) is 2.90. The molecule has 0 bridgehead atoms. The Balaban J connectivity index is 1.33. The van der Waals surface area contributed by atoms with Gasteiger partial charge in [-0.25, -0.2) is 9.59 Å². The van der Waals surface area contributed by atoms with Crippen molar-refractivity contribution in [3.63, 3.8) is 0 Å². The molecule has 268 valence electrons. The Bertz CT molecular complexity index is 878. The highest BCUT2D eigenvalue weighted by Crippen LogP contribution is 2.36. The molecule has 1 aliphatic heterocycles. The van der Waals surface area contributed by atoms with E-state index in [0.29, 0.717) is 97.2 Å². The average molecular weight is 655 g/mol. The highest BCUT2D eigenvalue weighted by atomic mass is 16.6. The molecule has 9 nitrogen and oxygen atoms in total. The molecule has 9 heteroatoms. The van der Waals surface area contributed by atoms with Crippen LogP contribution in [0.2, 0.25) is 0 Å². The van der Waals surface area contributed by atoms with Crippen LogP contribution in [-0.4, -0.2) is 127 Å². The quantitative estimate of drug-likeness (QED) is 0.114. The number of hydrogen-bond acceptors (Lipinski definition) is 7. The van der Waals surface area contributed by atoms with Crippen molar-refractivity contribution in [1.82, 2.24) is 0 Å². The van der Waals surface area contributed by atoms with Gasteiger partial charge in [-0.15, -0.1) is 0 Å². The van der Waals surface area contributed by atoms with Gasteiger partial charge in [0.15, 0.2) is 13.1 Å². The van der Waals surface area contributed by atoms with E-state index in [4.69, 9.17) is 23.7 Å². The van der Waals surface area contributed by atoms with Gasteiger partial charge < -0.3 is 32.7 Å². The van der Waals surface area contributed by atoms with Gasteiger partial charge >= 0.3 is 11.9 Å². The first kappa shape index (κ1) is 39.2. The fourth-order valence-electron chi connectivity index (χ4n) is 7.57. The summed E-state index contributed by atoms with van der Waals surface area (Å²) in [5.74, 6) is 2.96. The van der Waals surface area contributed by atoms with Crippen molar-refractivity contribution < 1.29 is 42.2 Å². The minimum absolute atomic E-state index is 0.0344. The van der Waals surface area contributed by atoms with Crippen LogP contribution in [0.5, 0.6) is 0 Å². The summed E-state index contributed by atoms with van der Waals surface area (Å²) >= 11 is 0. The molecule has 0 unspecified atom stereocenters. The zero-order valence-corrected chi connectivity index (χ0v) is 31.2. The largest absolute Gasteiger partial charge is 0.458 e. The van der Waals surface area contributed by atoms with Crippen LogP contribution < -0.4 is 0 Å². The molecule has 0 N–H and O–H groups in total. The number of esters is 2. The summed E-state index contributed by atoms with van der Waals surface area (Å²) in [5.41, 5.74) is -0.140. The Morgan fingerprint density at radius 3 is 1.41 bits per heavy atom. The third-order valence-electron chi connectivity index (χ3n) is 10.9. The van der Waals surface area contributed by atoms with Gasteiger partial charge in [0.2, 0.25) is 0 Å². The minimum Gasteiger partial charge on any atom is -0.458 e. The van der Waals surface area contributed by atoms with Crippen LogP contribution >= 0.6 is 0 Å². The molecular weight excluding hydrogens is 584 g/mol. The van der Waals surface area contributed by atoms with E-state index in [2.05, 4.69) is 69.7 Å². The first-order chi connectivity index (χ1) is 21.5. The van der Waals surface area contributed by atoms with Crippen LogP contribution in [0.4, 0.5) is 0 Å². The highest BCUT2D eigenvalue weighted by molar-refractivity contribution is 5.71. The van der Waals surface area contributed by atoms with E-state index in [1.807, 2.05) is 0 Å². The molecule has 1 heterocycles. The maximum Gasteiger partial charge on any atom is 0.362 e. The van der Waals surface area contributed by atoms with E-state index in [-0.39, 0.29) is 29.6 Å². The third-order valence-corrected chi connectivity index (χ3v) is 10.9. The van der Waals surface area contributed by atoms with Gasteiger partial charge in [-0.3, -0.25) is 0 Å². The van der Waals surface area contributed by atoms with Crippen LogP contribution in [0, 0.1) is 40.9 Å². The molecule has 2 aliphatic carbocycles. The molecule has 0 aromatic rings.